The van der Waals surface area contributed by atoms with Crippen LogP contribution in [0.15, 0.2) is 29.0 Å². The highest BCUT2D eigenvalue weighted by Crippen LogP contribution is 2.20. The van der Waals surface area contributed by atoms with E-state index in [4.69, 9.17) is 9.26 Å². The van der Waals surface area contributed by atoms with Crippen LogP contribution in [-0.2, 0) is 4.74 Å². The zero-order valence-electron chi connectivity index (χ0n) is 15.2. The van der Waals surface area contributed by atoms with Gasteiger partial charge in [-0.2, -0.15) is 10.1 Å². The molecule has 27 heavy (non-hydrogen) atoms. The van der Waals surface area contributed by atoms with Crippen molar-refractivity contribution in [3.8, 4) is 17.3 Å². The highest BCUT2D eigenvalue weighted by molar-refractivity contribution is 5.95. The minimum Gasteiger partial charge on any atom is -0.376 e. The quantitative estimate of drug-likeness (QED) is 0.732. The molecule has 0 aromatic carbocycles. The fourth-order valence-electron chi connectivity index (χ4n) is 3.05. The van der Waals surface area contributed by atoms with E-state index >= 15 is 0 Å². The largest absolute Gasteiger partial charge is 0.376 e. The molecule has 4 heterocycles. The van der Waals surface area contributed by atoms with E-state index in [2.05, 4.69) is 25.5 Å². The number of carbonyl (C=O) groups excluding carboxylic acids is 1. The summed E-state index contributed by atoms with van der Waals surface area (Å²) in [5, 5.41) is 11.0. The first-order valence-electron chi connectivity index (χ1n) is 8.83. The molecule has 9 nitrogen and oxygen atoms in total. The second-order valence-electron chi connectivity index (χ2n) is 6.45. The van der Waals surface area contributed by atoms with E-state index in [0.29, 0.717) is 35.3 Å². The Labute approximate surface area is 155 Å². The Balaban J connectivity index is 1.54. The summed E-state index contributed by atoms with van der Waals surface area (Å²) >= 11 is 0. The predicted molar refractivity (Wildman–Crippen MR) is 95.4 cm³/mol. The van der Waals surface area contributed by atoms with E-state index in [1.165, 1.54) is 0 Å². The second kappa shape index (κ2) is 7.28. The van der Waals surface area contributed by atoms with Gasteiger partial charge in [0, 0.05) is 24.9 Å². The number of aromatic nitrogens is 5. The normalized spacial score (nSPS) is 16.6. The molecule has 0 saturated carbocycles. The molecule has 0 bridgehead atoms. The van der Waals surface area contributed by atoms with E-state index in [9.17, 15) is 4.79 Å². The monoisotopic (exact) mass is 368 g/mol. The van der Waals surface area contributed by atoms with Gasteiger partial charge in [0.25, 0.3) is 11.8 Å². The van der Waals surface area contributed by atoms with E-state index in [-0.39, 0.29) is 12.0 Å². The molecular weight excluding hydrogens is 348 g/mol. The molecular formula is C18H20N6O3. The maximum atomic E-state index is 12.5. The smallest absolute Gasteiger partial charge is 0.258 e. The average Bonchev–Trinajstić information content (AvgIpc) is 3.41. The van der Waals surface area contributed by atoms with Crippen LogP contribution in [0.25, 0.3) is 17.3 Å². The third-order valence-corrected chi connectivity index (χ3v) is 4.51. The van der Waals surface area contributed by atoms with Crippen LogP contribution in [0.3, 0.4) is 0 Å². The molecule has 3 aromatic rings. The van der Waals surface area contributed by atoms with Gasteiger partial charge in [-0.3, -0.25) is 4.79 Å². The Morgan fingerprint density at radius 2 is 2.30 bits per heavy atom. The number of rotatable bonds is 5. The molecule has 9 heteroatoms. The summed E-state index contributed by atoms with van der Waals surface area (Å²) in [7, 11) is 0. The Hall–Kier alpha value is -3.07. The van der Waals surface area contributed by atoms with Crippen LogP contribution in [0.5, 0.6) is 0 Å². The molecule has 0 aliphatic carbocycles. The minimum atomic E-state index is -0.169. The van der Waals surface area contributed by atoms with Gasteiger partial charge in [0.2, 0.25) is 0 Å². The summed E-state index contributed by atoms with van der Waals surface area (Å²) in [6, 6.07) is 3.57. The molecule has 1 saturated heterocycles. The summed E-state index contributed by atoms with van der Waals surface area (Å²) in [6.07, 6.45) is 5.30. The lowest BCUT2D eigenvalue weighted by molar-refractivity contribution is 0.0857. The molecule has 1 aliphatic heterocycles. The number of ether oxygens (including phenoxy) is 1. The van der Waals surface area contributed by atoms with Crippen LogP contribution in [0.1, 0.15) is 34.7 Å². The maximum absolute atomic E-state index is 12.5. The van der Waals surface area contributed by atoms with Gasteiger partial charge >= 0.3 is 0 Å². The van der Waals surface area contributed by atoms with Crippen molar-refractivity contribution in [3.05, 3.63) is 41.6 Å². The van der Waals surface area contributed by atoms with Gasteiger partial charge in [-0.05, 0) is 38.8 Å². The van der Waals surface area contributed by atoms with Crippen molar-refractivity contribution in [1.29, 1.82) is 0 Å². The molecule has 1 atom stereocenters. The van der Waals surface area contributed by atoms with Crippen molar-refractivity contribution in [1.82, 2.24) is 30.2 Å². The maximum Gasteiger partial charge on any atom is 0.258 e. The highest BCUT2D eigenvalue weighted by atomic mass is 16.5. The van der Waals surface area contributed by atoms with Crippen LogP contribution in [0, 0.1) is 13.8 Å². The van der Waals surface area contributed by atoms with Crippen molar-refractivity contribution in [2.24, 2.45) is 0 Å². The standard InChI is InChI=1S/C18H20N6O3/c1-11-15(17(25)20-9-14-4-3-7-26-14)10-21-24(11)16-8-13(5-6-19-16)18-22-12(2)23-27-18/h5-6,8,10,14H,3-4,7,9H2,1-2H3,(H,20,25)/t14-/m1/s1. The minimum absolute atomic E-state index is 0.0977. The van der Waals surface area contributed by atoms with Crippen molar-refractivity contribution >= 4 is 5.91 Å². The van der Waals surface area contributed by atoms with Crippen molar-refractivity contribution < 1.29 is 14.1 Å². The third-order valence-electron chi connectivity index (χ3n) is 4.51. The van der Waals surface area contributed by atoms with Crippen LogP contribution in [0.4, 0.5) is 0 Å². The molecule has 4 rings (SSSR count). The fourth-order valence-corrected chi connectivity index (χ4v) is 3.05. The Morgan fingerprint density at radius 3 is 3.04 bits per heavy atom. The van der Waals surface area contributed by atoms with Gasteiger partial charge in [-0.1, -0.05) is 5.16 Å². The molecule has 0 unspecified atom stereocenters. The number of hydrogen-bond donors (Lipinski definition) is 1. The van der Waals surface area contributed by atoms with E-state index in [0.717, 1.165) is 25.0 Å². The molecule has 1 aliphatic rings. The zero-order valence-corrected chi connectivity index (χ0v) is 15.2. The topological polar surface area (TPSA) is 108 Å². The number of carbonyl (C=O) groups is 1. The summed E-state index contributed by atoms with van der Waals surface area (Å²) in [6.45, 7) is 4.86. The third kappa shape index (κ3) is 3.59. The van der Waals surface area contributed by atoms with E-state index in [1.807, 2.05) is 6.92 Å². The SMILES string of the molecule is Cc1noc(-c2ccnc(-n3ncc(C(=O)NC[C@H]4CCCO4)c3C)c2)n1. The molecule has 1 N–H and O–H groups in total. The van der Waals surface area contributed by atoms with Crippen LogP contribution in [0.2, 0.25) is 0 Å². The van der Waals surface area contributed by atoms with Gasteiger partial charge in [-0.15, -0.1) is 0 Å². The first-order chi connectivity index (χ1) is 13.1. The van der Waals surface area contributed by atoms with Gasteiger partial charge in [-0.25, -0.2) is 9.67 Å². The summed E-state index contributed by atoms with van der Waals surface area (Å²) in [5.74, 6) is 1.37. The summed E-state index contributed by atoms with van der Waals surface area (Å²) < 4.78 is 12.4. The number of pyridine rings is 1. The lowest BCUT2D eigenvalue weighted by atomic mass is 10.2. The van der Waals surface area contributed by atoms with Crippen molar-refractivity contribution in [2.45, 2.75) is 32.8 Å². The second-order valence-corrected chi connectivity index (χ2v) is 6.45. The van der Waals surface area contributed by atoms with Gasteiger partial charge in [0.05, 0.1) is 23.6 Å². The van der Waals surface area contributed by atoms with Crippen LogP contribution < -0.4 is 5.32 Å². The lowest BCUT2D eigenvalue weighted by Crippen LogP contribution is -2.32. The lowest BCUT2D eigenvalue weighted by Gasteiger charge is -2.10. The van der Waals surface area contributed by atoms with Crippen molar-refractivity contribution in [2.75, 3.05) is 13.2 Å². The summed E-state index contributed by atoms with van der Waals surface area (Å²) in [4.78, 5) is 21.1. The molecule has 140 valence electrons. The predicted octanol–water partition coefficient (Wildman–Crippen LogP) is 1.84. The van der Waals surface area contributed by atoms with Crippen molar-refractivity contribution in [3.63, 3.8) is 0 Å². The molecule has 3 aromatic heterocycles. The molecule has 1 amide bonds. The van der Waals surface area contributed by atoms with Crippen LogP contribution in [-0.4, -0.2) is 50.1 Å². The average molecular weight is 368 g/mol. The van der Waals surface area contributed by atoms with Crippen LogP contribution >= 0.6 is 0 Å². The first kappa shape index (κ1) is 17.3. The Kier molecular flexibility index (Phi) is 4.68. The highest BCUT2D eigenvalue weighted by Gasteiger charge is 2.20. The molecule has 0 radical (unpaired) electrons. The van der Waals surface area contributed by atoms with Gasteiger partial charge < -0.3 is 14.6 Å². The number of hydrogen-bond acceptors (Lipinski definition) is 7. The van der Waals surface area contributed by atoms with Gasteiger partial charge in [0.15, 0.2) is 11.6 Å². The fraction of sp³-hybridized carbons (Fsp3) is 0.389. The number of nitrogens with one attached hydrogen (secondary N) is 1. The first-order valence-corrected chi connectivity index (χ1v) is 8.83. The number of amides is 1. The number of aryl methyl sites for hydroxylation is 1. The Bertz CT molecular complexity index is 958. The molecule has 1 fully saturated rings. The zero-order chi connectivity index (χ0) is 18.8. The summed E-state index contributed by atoms with van der Waals surface area (Å²) in [5.41, 5.74) is 1.94. The van der Waals surface area contributed by atoms with E-state index < -0.39 is 0 Å². The van der Waals surface area contributed by atoms with Gasteiger partial charge in [0.1, 0.15) is 0 Å². The molecule has 0 spiro atoms. The Morgan fingerprint density at radius 1 is 1.41 bits per heavy atom. The van der Waals surface area contributed by atoms with E-state index in [1.54, 1.807) is 36.1 Å². The number of nitrogens with zero attached hydrogens (tertiary/aromatic N) is 5.